The van der Waals surface area contributed by atoms with Crippen LogP contribution in [0.4, 0.5) is 0 Å². The highest BCUT2D eigenvalue weighted by Gasteiger charge is 2.29. The van der Waals surface area contributed by atoms with E-state index in [9.17, 15) is 14.7 Å². The second kappa shape index (κ2) is 6.58. The van der Waals surface area contributed by atoms with Crippen LogP contribution in [0.1, 0.15) is 23.6 Å². The molecule has 0 fully saturated rings. The molecule has 138 valence electrons. The number of ether oxygens (including phenoxy) is 2. The molecule has 9 nitrogen and oxygen atoms in total. The molecule has 0 amide bonds. The molecule has 2 N–H and O–H groups in total. The van der Waals surface area contributed by atoms with Crippen molar-refractivity contribution in [1.82, 2.24) is 14.6 Å². The SMILES string of the molecule is COc1ccc([C@H]2CC(c3c(O)n(C)c(=O)n(C)c3=O)=NN2)c(OC)c1. The summed E-state index contributed by atoms with van der Waals surface area (Å²) in [6.45, 7) is 0. The zero-order valence-electron chi connectivity index (χ0n) is 14.9. The van der Waals surface area contributed by atoms with Crippen molar-refractivity contribution in [2.24, 2.45) is 19.2 Å². The summed E-state index contributed by atoms with van der Waals surface area (Å²) in [5.41, 5.74) is 3.00. The molecule has 1 aromatic heterocycles. The Morgan fingerprint density at radius 2 is 1.92 bits per heavy atom. The summed E-state index contributed by atoms with van der Waals surface area (Å²) in [7, 11) is 5.89. The van der Waals surface area contributed by atoms with Gasteiger partial charge in [0.2, 0.25) is 5.88 Å². The van der Waals surface area contributed by atoms with Crippen LogP contribution < -0.4 is 26.1 Å². The van der Waals surface area contributed by atoms with E-state index in [4.69, 9.17) is 9.47 Å². The lowest BCUT2D eigenvalue weighted by Gasteiger charge is -2.15. The number of hydrogen-bond donors (Lipinski definition) is 2. The summed E-state index contributed by atoms with van der Waals surface area (Å²) in [5, 5.41) is 14.5. The number of hydrazone groups is 1. The van der Waals surface area contributed by atoms with Gasteiger partial charge in [-0.1, -0.05) is 0 Å². The van der Waals surface area contributed by atoms with E-state index >= 15 is 0 Å². The van der Waals surface area contributed by atoms with Gasteiger partial charge in [-0.3, -0.25) is 13.9 Å². The molecule has 1 aromatic carbocycles. The number of aromatic hydroxyl groups is 1. The molecule has 9 heteroatoms. The fourth-order valence-electron chi connectivity index (χ4n) is 2.97. The Kier molecular flexibility index (Phi) is 4.45. The third-order valence-electron chi connectivity index (χ3n) is 4.49. The molecule has 26 heavy (non-hydrogen) atoms. The van der Waals surface area contributed by atoms with E-state index in [0.29, 0.717) is 23.6 Å². The fourth-order valence-corrected chi connectivity index (χ4v) is 2.97. The Labute approximate surface area is 149 Å². The molecule has 0 saturated carbocycles. The van der Waals surface area contributed by atoms with Crippen LogP contribution in [0.2, 0.25) is 0 Å². The quantitative estimate of drug-likeness (QED) is 0.809. The minimum Gasteiger partial charge on any atom is -0.497 e. The van der Waals surface area contributed by atoms with E-state index in [0.717, 1.165) is 14.7 Å². The van der Waals surface area contributed by atoms with Gasteiger partial charge in [-0.15, -0.1) is 0 Å². The zero-order valence-corrected chi connectivity index (χ0v) is 14.9. The maximum Gasteiger partial charge on any atom is 0.333 e. The number of nitrogens with zero attached hydrogens (tertiary/aromatic N) is 3. The van der Waals surface area contributed by atoms with Crippen molar-refractivity contribution in [3.63, 3.8) is 0 Å². The molecule has 0 aliphatic carbocycles. The minimum atomic E-state index is -0.601. The topological polar surface area (TPSA) is 107 Å². The average Bonchev–Trinajstić information content (AvgIpc) is 3.13. The summed E-state index contributed by atoms with van der Waals surface area (Å²) >= 11 is 0. The third kappa shape index (κ3) is 2.71. The molecule has 0 spiro atoms. The Bertz CT molecular complexity index is 1010. The number of aromatic nitrogens is 2. The molecule has 3 rings (SSSR count). The zero-order chi connectivity index (χ0) is 19.0. The molecule has 0 radical (unpaired) electrons. The Balaban J connectivity index is 1.98. The van der Waals surface area contributed by atoms with Gasteiger partial charge in [-0.25, -0.2) is 4.79 Å². The summed E-state index contributed by atoms with van der Waals surface area (Å²) in [4.78, 5) is 24.3. The van der Waals surface area contributed by atoms with E-state index in [-0.39, 0.29) is 11.6 Å². The van der Waals surface area contributed by atoms with Crippen LogP contribution in [0.3, 0.4) is 0 Å². The maximum atomic E-state index is 12.4. The van der Waals surface area contributed by atoms with Crippen molar-refractivity contribution < 1.29 is 14.6 Å². The van der Waals surface area contributed by atoms with E-state index in [1.807, 2.05) is 6.07 Å². The van der Waals surface area contributed by atoms with Gasteiger partial charge in [0.15, 0.2) is 0 Å². The predicted octanol–water partition coefficient (Wildman–Crippen LogP) is 0.246. The van der Waals surface area contributed by atoms with Gasteiger partial charge in [-0.05, 0) is 12.1 Å². The molecule has 1 aliphatic rings. The smallest absolute Gasteiger partial charge is 0.333 e. The van der Waals surface area contributed by atoms with Crippen molar-refractivity contribution in [3.05, 3.63) is 50.2 Å². The number of nitrogens with one attached hydrogen (secondary N) is 1. The highest BCUT2D eigenvalue weighted by atomic mass is 16.5. The second-order valence-corrected chi connectivity index (χ2v) is 5.96. The standard InChI is InChI=1S/C17H20N4O5/c1-20-15(22)14(16(23)21(2)17(20)24)12-8-11(18-19-12)10-6-5-9(25-3)7-13(10)26-4/h5-7,11,18,22H,8H2,1-4H3/t11-/m1/s1. The predicted molar refractivity (Wildman–Crippen MR) is 95.2 cm³/mol. The molecular formula is C17H20N4O5. The van der Waals surface area contributed by atoms with Gasteiger partial charge in [0.25, 0.3) is 5.56 Å². The van der Waals surface area contributed by atoms with Crippen molar-refractivity contribution in [1.29, 1.82) is 0 Å². The molecule has 0 saturated heterocycles. The van der Waals surface area contributed by atoms with Crippen molar-refractivity contribution >= 4 is 5.71 Å². The molecule has 1 atom stereocenters. The van der Waals surface area contributed by atoms with Crippen LogP contribution in [0.25, 0.3) is 0 Å². The minimum absolute atomic E-state index is 0.0112. The second-order valence-electron chi connectivity index (χ2n) is 5.96. The number of benzene rings is 1. The first kappa shape index (κ1) is 17.6. The van der Waals surface area contributed by atoms with Crippen LogP contribution in [0.5, 0.6) is 17.4 Å². The first-order valence-corrected chi connectivity index (χ1v) is 7.92. The van der Waals surface area contributed by atoms with Crippen LogP contribution in [0.15, 0.2) is 32.9 Å². The molecule has 2 aromatic rings. The highest BCUT2D eigenvalue weighted by Crippen LogP contribution is 2.34. The van der Waals surface area contributed by atoms with Crippen LogP contribution in [-0.4, -0.2) is 34.2 Å². The van der Waals surface area contributed by atoms with Crippen molar-refractivity contribution in [2.45, 2.75) is 12.5 Å². The first-order valence-electron chi connectivity index (χ1n) is 7.92. The molecular weight excluding hydrogens is 340 g/mol. The summed E-state index contributed by atoms with van der Waals surface area (Å²) < 4.78 is 12.6. The maximum absolute atomic E-state index is 12.4. The van der Waals surface area contributed by atoms with E-state index in [1.54, 1.807) is 26.4 Å². The molecule has 0 bridgehead atoms. The van der Waals surface area contributed by atoms with Gasteiger partial charge >= 0.3 is 5.69 Å². The first-order chi connectivity index (χ1) is 12.4. The largest absolute Gasteiger partial charge is 0.497 e. The van der Waals surface area contributed by atoms with Gasteiger partial charge in [0, 0.05) is 32.1 Å². The number of hydrogen-bond acceptors (Lipinski definition) is 7. The fraction of sp³-hybridized carbons (Fsp3) is 0.353. The lowest BCUT2D eigenvalue weighted by atomic mass is 9.99. The van der Waals surface area contributed by atoms with Gasteiger partial charge in [0.05, 0.1) is 26.0 Å². The van der Waals surface area contributed by atoms with E-state index in [1.165, 1.54) is 14.1 Å². The Hall–Kier alpha value is -3.23. The van der Waals surface area contributed by atoms with Gasteiger partial charge in [-0.2, -0.15) is 5.10 Å². The number of rotatable bonds is 4. The Morgan fingerprint density at radius 3 is 2.58 bits per heavy atom. The highest BCUT2D eigenvalue weighted by molar-refractivity contribution is 6.03. The average molecular weight is 360 g/mol. The monoisotopic (exact) mass is 360 g/mol. The van der Waals surface area contributed by atoms with Crippen LogP contribution in [0, 0.1) is 0 Å². The lowest BCUT2D eigenvalue weighted by Crippen LogP contribution is -2.39. The summed E-state index contributed by atoms with van der Waals surface area (Å²) in [6.07, 6.45) is 0.351. The van der Waals surface area contributed by atoms with Crippen molar-refractivity contribution in [2.75, 3.05) is 14.2 Å². The van der Waals surface area contributed by atoms with E-state index in [2.05, 4.69) is 10.5 Å². The van der Waals surface area contributed by atoms with Gasteiger partial charge in [0.1, 0.15) is 17.1 Å². The van der Waals surface area contributed by atoms with Crippen LogP contribution in [-0.2, 0) is 14.1 Å². The van der Waals surface area contributed by atoms with Gasteiger partial charge < -0.3 is 20.0 Å². The molecule has 0 unspecified atom stereocenters. The molecule has 1 aliphatic heterocycles. The lowest BCUT2D eigenvalue weighted by molar-refractivity contribution is 0.386. The Morgan fingerprint density at radius 1 is 1.19 bits per heavy atom. The van der Waals surface area contributed by atoms with E-state index < -0.39 is 17.1 Å². The molecule has 2 heterocycles. The van der Waals surface area contributed by atoms with Crippen LogP contribution >= 0.6 is 0 Å². The summed E-state index contributed by atoms with van der Waals surface area (Å²) in [6, 6.07) is 5.18. The normalized spacial score (nSPS) is 16.2. The van der Waals surface area contributed by atoms with Crippen molar-refractivity contribution in [3.8, 4) is 17.4 Å². The summed E-state index contributed by atoms with van der Waals surface area (Å²) in [5.74, 6) is 0.881. The number of methoxy groups -OCH3 is 2. The third-order valence-corrected chi connectivity index (χ3v) is 4.49.